The molecule has 3 rings (SSSR count). The summed E-state index contributed by atoms with van der Waals surface area (Å²) in [5.74, 6) is 0.203. The van der Waals surface area contributed by atoms with Gasteiger partial charge in [0.1, 0.15) is 11.6 Å². The summed E-state index contributed by atoms with van der Waals surface area (Å²) >= 11 is 0. The Bertz CT molecular complexity index is 841. The number of nitrogens with zero attached hydrogens (tertiary/aromatic N) is 1. The van der Waals surface area contributed by atoms with Crippen molar-refractivity contribution in [3.63, 3.8) is 0 Å². The second-order valence-electron chi connectivity index (χ2n) is 5.91. The predicted octanol–water partition coefficient (Wildman–Crippen LogP) is 4.93. The SMILES string of the molecule is COc1ccc(Cc2ccc([N+](=O)[O-])cc2)c(F)c1C1C=CC=CC1. The van der Waals surface area contributed by atoms with Gasteiger partial charge in [0.2, 0.25) is 0 Å². The number of nitro benzene ring substituents is 1. The number of benzene rings is 2. The van der Waals surface area contributed by atoms with Gasteiger partial charge in [-0.15, -0.1) is 0 Å². The number of rotatable bonds is 5. The second kappa shape index (κ2) is 7.30. The molecule has 25 heavy (non-hydrogen) atoms. The molecule has 0 spiro atoms. The summed E-state index contributed by atoms with van der Waals surface area (Å²) in [4.78, 5) is 10.3. The Hall–Kier alpha value is -2.95. The Balaban J connectivity index is 1.93. The fourth-order valence-corrected chi connectivity index (χ4v) is 3.03. The normalized spacial score (nSPS) is 16.0. The van der Waals surface area contributed by atoms with Gasteiger partial charge in [0.25, 0.3) is 5.69 Å². The Morgan fingerprint density at radius 1 is 1.20 bits per heavy atom. The van der Waals surface area contributed by atoms with Gasteiger partial charge in [-0.05, 0) is 23.6 Å². The van der Waals surface area contributed by atoms with E-state index in [9.17, 15) is 10.1 Å². The average Bonchev–Trinajstić information content (AvgIpc) is 2.64. The molecule has 0 N–H and O–H groups in total. The van der Waals surface area contributed by atoms with Gasteiger partial charge in [-0.1, -0.05) is 42.5 Å². The van der Waals surface area contributed by atoms with E-state index in [1.165, 1.54) is 19.2 Å². The zero-order valence-corrected chi connectivity index (χ0v) is 13.8. The van der Waals surface area contributed by atoms with Crippen molar-refractivity contribution in [2.24, 2.45) is 0 Å². The highest BCUT2D eigenvalue weighted by Gasteiger charge is 2.21. The average molecular weight is 339 g/mol. The van der Waals surface area contributed by atoms with Gasteiger partial charge in [0, 0.05) is 30.0 Å². The van der Waals surface area contributed by atoms with Gasteiger partial charge in [0.05, 0.1) is 12.0 Å². The molecule has 0 aromatic heterocycles. The number of hydrogen-bond donors (Lipinski definition) is 0. The van der Waals surface area contributed by atoms with Crippen LogP contribution in [0.3, 0.4) is 0 Å². The number of ether oxygens (including phenoxy) is 1. The highest BCUT2D eigenvalue weighted by Crippen LogP contribution is 2.36. The van der Waals surface area contributed by atoms with Crippen LogP contribution in [0.4, 0.5) is 10.1 Å². The number of halogens is 1. The van der Waals surface area contributed by atoms with E-state index in [1.807, 2.05) is 24.3 Å². The predicted molar refractivity (Wildman–Crippen MR) is 94.5 cm³/mol. The molecule has 0 heterocycles. The highest BCUT2D eigenvalue weighted by atomic mass is 19.1. The summed E-state index contributed by atoms with van der Waals surface area (Å²) in [6, 6.07) is 9.68. The molecule has 1 atom stereocenters. The lowest BCUT2D eigenvalue weighted by Crippen LogP contribution is -2.06. The van der Waals surface area contributed by atoms with Crippen LogP contribution in [0.25, 0.3) is 0 Å². The number of non-ortho nitro benzene ring substituents is 1. The zero-order valence-electron chi connectivity index (χ0n) is 13.8. The summed E-state index contributed by atoms with van der Waals surface area (Å²) in [6.45, 7) is 0. The lowest BCUT2D eigenvalue weighted by atomic mass is 9.89. The van der Waals surface area contributed by atoms with E-state index >= 15 is 4.39 Å². The van der Waals surface area contributed by atoms with Crippen LogP contribution >= 0.6 is 0 Å². The topological polar surface area (TPSA) is 52.4 Å². The van der Waals surface area contributed by atoms with Crippen molar-refractivity contribution in [1.82, 2.24) is 0 Å². The maximum atomic E-state index is 15.2. The standard InChI is InChI=1S/C20H18FNO3/c1-25-18-12-9-16(13-14-7-10-17(11-8-14)22(23)24)20(21)19(18)15-5-3-2-4-6-15/h2-5,7-12,15H,6,13H2,1H3. The van der Waals surface area contributed by atoms with Crippen molar-refractivity contribution < 1.29 is 14.1 Å². The van der Waals surface area contributed by atoms with Crippen LogP contribution in [0.5, 0.6) is 5.75 Å². The summed E-state index contributed by atoms with van der Waals surface area (Å²) in [5.41, 5.74) is 1.95. The third kappa shape index (κ3) is 3.60. The van der Waals surface area contributed by atoms with E-state index in [-0.39, 0.29) is 17.4 Å². The number of allylic oxidation sites excluding steroid dienone is 4. The molecule has 0 fully saturated rings. The molecule has 0 radical (unpaired) electrons. The minimum atomic E-state index is -0.446. The first kappa shape index (κ1) is 16.9. The van der Waals surface area contributed by atoms with Crippen molar-refractivity contribution in [2.75, 3.05) is 7.11 Å². The van der Waals surface area contributed by atoms with Crippen molar-refractivity contribution >= 4 is 5.69 Å². The van der Waals surface area contributed by atoms with Crippen molar-refractivity contribution in [2.45, 2.75) is 18.8 Å². The number of methoxy groups -OCH3 is 1. The number of hydrogen-bond acceptors (Lipinski definition) is 3. The highest BCUT2D eigenvalue weighted by molar-refractivity contribution is 5.46. The Kier molecular flexibility index (Phi) is 4.93. The van der Waals surface area contributed by atoms with Gasteiger partial charge in [-0.3, -0.25) is 10.1 Å². The van der Waals surface area contributed by atoms with Gasteiger partial charge in [-0.2, -0.15) is 0 Å². The quantitative estimate of drug-likeness (QED) is 0.573. The zero-order chi connectivity index (χ0) is 17.8. The van der Waals surface area contributed by atoms with Crippen LogP contribution < -0.4 is 4.74 Å². The Morgan fingerprint density at radius 2 is 1.96 bits per heavy atom. The Morgan fingerprint density at radius 3 is 2.56 bits per heavy atom. The third-order valence-corrected chi connectivity index (χ3v) is 4.33. The van der Waals surface area contributed by atoms with E-state index in [0.717, 1.165) is 12.0 Å². The maximum Gasteiger partial charge on any atom is 0.269 e. The van der Waals surface area contributed by atoms with E-state index in [1.54, 1.807) is 24.3 Å². The molecule has 0 aliphatic heterocycles. The van der Waals surface area contributed by atoms with Crippen LogP contribution in [0.15, 0.2) is 60.7 Å². The summed E-state index contributed by atoms with van der Waals surface area (Å²) in [6.07, 6.45) is 8.93. The van der Waals surface area contributed by atoms with Gasteiger partial charge < -0.3 is 4.74 Å². The molecule has 2 aromatic rings. The fraction of sp³-hybridized carbons (Fsp3) is 0.200. The van der Waals surface area contributed by atoms with Crippen LogP contribution in [0.1, 0.15) is 29.0 Å². The van der Waals surface area contributed by atoms with E-state index in [0.29, 0.717) is 23.3 Å². The second-order valence-corrected chi connectivity index (χ2v) is 5.91. The lowest BCUT2D eigenvalue weighted by Gasteiger charge is -2.19. The van der Waals surface area contributed by atoms with Crippen molar-refractivity contribution in [1.29, 1.82) is 0 Å². The van der Waals surface area contributed by atoms with Crippen LogP contribution in [0.2, 0.25) is 0 Å². The molecule has 1 unspecified atom stereocenters. The molecule has 0 saturated heterocycles. The molecule has 1 aliphatic carbocycles. The van der Waals surface area contributed by atoms with Crippen LogP contribution in [0, 0.1) is 15.9 Å². The molecule has 4 nitrogen and oxygen atoms in total. The molecular formula is C20H18FNO3. The van der Waals surface area contributed by atoms with E-state index in [4.69, 9.17) is 4.74 Å². The first-order valence-corrected chi connectivity index (χ1v) is 8.02. The van der Waals surface area contributed by atoms with Crippen LogP contribution in [-0.4, -0.2) is 12.0 Å². The first-order chi connectivity index (χ1) is 12.1. The van der Waals surface area contributed by atoms with Crippen LogP contribution in [-0.2, 0) is 6.42 Å². The third-order valence-electron chi connectivity index (χ3n) is 4.33. The summed E-state index contributed by atoms with van der Waals surface area (Å²) in [5, 5.41) is 10.7. The largest absolute Gasteiger partial charge is 0.496 e. The van der Waals surface area contributed by atoms with Crippen molar-refractivity contribution in [3.05, 3.63) is 93.3 Å². The summed E-state index contributed by atoms with van der Waals surface area (Å²) < 4.78 is 20.5. The molecule has 0 bridgehead atoms. The van der Waals surface area contributed by atoms with E-state index in [2.05, 4.69) is 0 Å². The molecule has 1 aliphatic rings. The Labute approximate surface area is 145 Å². The lowest BCUT2D eigenvalue weighted by molar-refractivity contribution is -0.384. The monoisotopic (exact) mass is 339 g/mol. The van der Waals surface area contributed by atoms with Gasteiger partial charge in [0.15, 0.2) is 0 Å². The summed E-state index contributed by atoms with van der Waals surface area (Å²) in [7, 11) is 1.54. The minimum absolute atomic E-state index is 0.0266. The number of nitro groups is 1. The van der Waals surface area contributed by atoms with E-state index < -0.39 is 4.92 Å². The fourth-order valence-electron chi connectivity index (χ4n) is 3.03. The molecule has 0 amide bonds. The first-order valence-electron chi connectivity index (χ1n) is 8.02. The van der Waals surface area contributed by atoms with Gasteiger partial charge in [-0.25, -0.2) is 4.39 Å². The smallest absolute Gasteiger partial charge is 0.269 e. The molecule has 2 aromatic carbocycles. The molecular weight excluding hydrogens is 321 g/mol. The molecule has 5 heteroatoms. The minimum Gasteiger partial charge on any atom is -0.496 e. The maximum absolute atomic E-state index is 15.2. The van der Waals surface area contributed by atoms with Crippen molar-refractivity contribution in [3.8, 4) is 5.75 Å². The molecule has 0 saturated carbocycles. The van der Waals surface area contributed by atoms with Gasteiger partial charge >= 0.3 is 0 Å². The molecule has 128 valence electrons.